The number of piperidine rings is 1. The topological polar surface area (TPSA) is 46.1 Å². The Labute approximate surface area is 135 Å². The van der Waals surface area contributed by atoms with Gasteiger partial charge in [0.15, 0.2) is 0 Å². The van der Waals surface area contributed by atoms with Gasteiger partial charge in [0.25, 0.3) is 5.91 Å². The van der Waals surface area contributed by atoms with Gasteiger partial charge in [-0.2, -0.15) is 0 Å². The third kappa shape index (κ3) is 3.29. The molecule has 2 N–H and O–H groups in total. The van der Waals surface area contributed by atoms with E-state index in [9.17, 15) is 9.18 Å². The van der Waals surface area contributed by atoms with E-state index in [0.717, 1.165) is 43.0 Å². The van der Waals surface area contributed by atoms with Crippen LogP contribution in [0.4, 0.5) is 4.39 Å². The van der Waals surface area contributed by atoms with Crippen molar-refractivity contribution in [3.8, 4) is 5.69 Å². The Morgan fingerprint density at radius 1 is 1.22 bits per heavy atom. The van der Waals surface area contributed by atoms with E-state index >= 15 is 0 Å². The van der Waals surface area contributed by atoms with Crippen LogP contribution in [-0.4, -0.2) is 29.6 Å². The Hall–Kier alpha value is -2.14. The van der Waals surface area contributed by atoms with Gasteiger partial charge in [0.1, 0.15) is 5.82 Å². The molecule has 1 aromatic carbocycles. The molecule has 0 spiro atoms. The van der Waals surface area contributed by atoms with Crippen LogP contribution in [0.15, 0.2) is 30.3 Å². The summed E-state index contributed by atoms with van der Waals surface area (Å²) in [6, 6.07) is 8.45. The molecule has 122 valence electrons. The molecule has 3 rings (SSSR count). The van der Waals surface area contributed by atoms with Crippen LogP contribution in [0.1, 0.15) is 34.6 Å². The van der Waals surface area contributed by atoms with E-state index in [-0.39, 0.29) is 17.8 Å². The number of aryl methyl sites for hydroxylation is 1. The summed E-state index contributed by atoms with van der Waals surface area (Å²) < 4.78 is 15.1. The zero-order chi connectivity index (χ0) is 16.4. The molecule has 0 bridgehead atoms. The van der Waals surface area contributed by atoms with Crippen molar-refractivity contribution in [2.45, 2.75) is 32.7 Å². The van der Waals surface area contributed by atoms with Gasteiger partial charge in [-0.25, -0.2) is 4.39 Å². The van der Waals surface area contributed by atoms with E-state index in [1.54, 1.807) is 12.1 Å². The van der Waals surface area contributed by atoms with Gasteiger partial charge < -0.3 is 15.2 Å². The summed E-state index contributed by atoms with van der Waals surface area (Å²) in [5.74, 6) is -0.293. The number of rotatable bonds is 3. The van der Waals surface area contributed by atoms with Crippen LogP contribution >= 0.6 is 0 Å². The summed E-state index contributed by atoms with van der Waals surface area (Å²) in [6.07, 6.45) is 1.92. The molecule has 4 nitrogen and oxygen atoms in total. The van der Waals surface area contributed by atoms with E-state index in [0.29, 0.717) is 5.56 Å². The molecule has 1 aromatic heterocycles. The quantitative estimate of drug-likeness (QED) is 0.915. The molecule has 23 heavy (non-hydrogen) atoms. The van der Waals surface area contributed by atoms with Gasteiger partial charge in [-0.05, 0) is 70.1 Å². The maximum atomic E-state index is 13.1. The molecule has 1 fully saturated rings. The SMILES string of the molecule is Cc1cc(C(=O)NC2CCNCC2)c(C)n1-c1ccc(F)cc1. The summed E-state index contributed by atoms with van der Waals surface area (Å²) in [5.41, 5.74) is 3.39. The fourth-order valence-corrected chi connectivity index (χ4v) is 3.21. The van der Waals surface area contributed by atoms with Gasteiger partial charge in [-0.3, -0.25) is 4.79 Å². The molecule has 0 saturated carbocycles. The minimum absolute atomic E-state index is 0.0293. The van der Waals surface area contributed by atoms with Crippen molar-refractivity contribution in [3.05, 3.63) is 53.1 Å². The third-order valence-corrected chi connectivity index (χ3v) is 4.43. The van der Waals surface area contributed by atoms with Crippen molar-refractivity contribution in [3.63, 3.8) is 0 Å². The molecule has 2 aromatic rings. The Bertz CT molecular complexity index is 700. The Kier molecular flexibility index (Phi) is 4.48. The third-order valence-electron chi connectivity index (χ3n) is 4.43. The highest BCUT2D eigenvalue weighted by atomic mass is 19.1. The normalized spacial score (nSPS) is 15.6. The first-order valence-corrected chi connectivity index (χ1v) is 8.02. The lowest BCUT2D eigenvalue weighted by Gasteiger charge is -2.23. The summed E-state index contributed by atoms with van der Waals surface area (Å²) in [7, 11) is 0. The average molecular weight is 315 g/mol. The minimum atomic E-state index is -0.264. The molecule has 1 amide bonds. The summed E-state index contributed by atoms with van der Waals surface area (Å²) >= 11 is 0. The second kappa shape index (κ2) is 6.54. The number of aromatic nitrogens is 1. The maximum absolute atomic E-state index is 13.1. The summed E-state index contributed by atoms with van der Waals surface area (Å²) in [4.78, 5) is 12.6. The highest BCUT2D eigenvalue weighted by Gasteiger charge is 2.20. The van der Waals surface area contributed by atoms with Crippen molar-refractivity contribution in [1.82, 2.24) is 15.2 Å². The highest BCUT2D eigenvalue weighted by Crippen LogP contribution is 2.21. The average Bonchev–Trinajstić information content (AvgIpc) is 2.84. The summed E-state index contributed by atoms with van der Waals surface area (Å²) in [5, 5.41) is 6.42. The van der Waals surface area contributed by atoms with Crippen molar-refractivity contribution < 1.29 is 9.18 Å². The van der Waals surface area contributed by atoms with Gasteiger partial charge in [0.2, 0.25) is 0 Å². The molecule has 1 aliphatic heterocycles. The van der Waals surface area contributed by atoms with Crippen molar-refractivity contribution >= 4 is 5.91 Å². The number of carbonyl (C=O) groups excluding carboxylic acids is 1. The summed E-state index contributed by atoms with van der Waals surface area (Å²) in [6.45, 7) is 5.77. The first-order chi connectivity index (χ1) is 11.1. The van der Waals surface area contributed by atoms with E-state index in [1.807, 2.05) is 24.5 Å². The molecule has 1 saturated heterocycles. The maximum Gasteiger partial charge on any atom is 0.253 e. The van der Waals surface area contributed by atoms with Crippen LogP contribution in [0.5, 0.6) is 0 Å². The highest BCUT2D eigenvalue weighted by molar-refractivity contribution is 5.96. The second-order valence-corrected chi connectivity index (χ2v) is 6.09. The molecular weight excluding hydrogens is 293 g/mol. The van der Waals surface area contributed by atoms with Crippen LogP contribution < -0.4 is 10.6 Å². The Balaban J connectivity index is 1.85. The number of hydrogen-bond acceptors (Lipinski definition) is 2. The van der Waals surface area contributed by atoms with E-state index in [2.05, 4.69) is 10.6 Å². The van der Waals surface area contributed by atoms with Gasteiger partial charge in [-0.1, -0.05) is 0 Å². The first-order valence-electron chi connectivity index (χ1n) is 8.02. The zero-order valence-corrected chi connectivity index (χ0v) is 13.5. The lowest BCUT2D eigenvalue weighted by Crippen LogP contribution is -2.42. The number of nitrogens with zero attached hydrogens (tertiary/aromatic N) is 1. The Morgan fingerprint density at radius 2 is 1.87 bits per heavy atom. The van der Waals surface area contributed by atoms with E-state index < -0.39 is 0 Å². The Morgan fingerprint density at radius 3 is 2.52 bits per heavy atom. The number of carbonyl (C=O) groups is 1. The predicted octanol–water partition coefficient (Wildman–Crippen LogP) is 2.72. The lowest BCUT2D eigenvalue weighted by molar-refractivity contribution is 0.0929. The number of halogens is 1. The van der Waals surface area contributed by atoms with Crippen LogP contribution in [-0.2, 0) is 0 Å². The molecule has 0 unspecified atom stereocenters. The molecular formula is C18H22FN3O. The van der Waals surface area contributed by atoms with Gasteiger partial charge >= 0.3 is 0 Å². The molecule has 1 aliphatic rings. The predicted molar refractivity (Wildman–Crippen MR) is 88.6 cm³/mol. The first kappa shape index (κ1) is 15.7. The fraction of sp³-hybridized carbons (Fsp3) is 0.389. The van der Waals surface area contributed by atoms with Crippen molar-refractivity contribution in [1.29, 1.82) is 0 Å². The molecule has 2 heterocycles. The molecule has 5 heteroatoms. The molecule has 0 aliphatic carbocycles. The number of nitrogens with one attached hydrogen (secondary N) is 2. The largest absolute Gasteiger partial charge is 0.349 e. The zero-order valence-electron chi connectivity index (χ0n) is 13.5. The molecule has 0 atom stereocenters. The molecule has 0 radical (unpaired) electrons. The standard InChI is InChI=1S/C18H22FN3O/c1-12-11-17(18(23)21-15-7-9-20-10-8-15)13(2)22(12)16-5-3-14(19)4-6-16/h3-6,11,15,20H,7-10H2,1-2H3,(H,21,23). The fourth-order valence-electron chi connectivity index (χ4n) is 3.21. The minimum Gasteiger partial charge on any atom is -0.349 e. The number of amides is 1. The monoisotopic (exact) mass is 315 g/mol. The van der Waals surface area contributed by atoms with E-state index in [1.165, 1.54) is 12.1 Å². The number of hydrogen-bond donors (Lipinski definition) is 2. The van der Waals surface area contributed by atoms with Gasteiger partial charge in [0, 0.05) is 23.1 Å². The van der Waals surface area contributed by atoms with Crippen LogP contribution in [0, 0.1) is 19.7 Å². The van der Waals surface area contributed by atoms with Crippen molar-refractivity contribution in [2.24, 2.45) is 0 Å². The van der Waals surface area contributed by atoms with Gasteiger partial charge in [-0.15, -0.1) is 0 Å². The van der Waals surface area contributed by atoms with E-state index in [4.69, 9.17) is 0 Å². The van der Waals surface area contributed by atoms with Crippen LogP contribution in [0.3, 0.4) is 0 Å². The smallest absolute Gasteiger partial charge is 0.253 e. The lowest BCUT2D eigenvalue weighted by atomic mass is 10.1. The van der Waals surface area contributed by atoms with Crippen LogP contribution in [0.2, 0.25) is 0 Å². The van der Waals surface area contributed by atoms with Crippen LogP contribution in [0.25, 0.3) is 5.69 Å². The van der Waals surface area contributed by atoms with Crippen molar-refractivity contribution in [2.75, 3.05) is 13.1 Å². The second-order valence-electron chi connectivity index (χ2n) is 6.09. The van der Waals surface area contributed by atoms with Gasteiger partial charge in [0.05, 0.1) is 5.56 Å². The number of benzene rings is 1.